The largest absolute Gasteiger partial charge is 0.276 e. The van der Waals surface area contributed by atoms with Gasteiger partial charge in [0.25, 0.3) is 0 Å². The standard InChI is InChI=1S/C9H10N2O/c1-12-11-6-8-4-2-3-5-9(8)10-7-11/h2-5,7H,6H2,1H3. The average Bonchev–Trinajstić information content (AvgIpc) is 2.17. The number of fused-ring (bicyclic) bond motifs is 1. The summed E-state index contributed by atoms with van der Waals surface area (Å²) in [6, 6.07) is 8.04. The summed E-state index contributed by atoms with van der Waals surface area (Å²) in [4.78, 5) is 9.25. The van der Waals surface area contributed by atoms with Crippen molar-refractivity contribution < 1.29 is 4.84 Å². The first-order valence-corrected chi connectivity index (χ1v) is 3.83. The molecule has 3 nitrogen and oxygen atoms in total. The van der Waals surface area contributed by atoms with Crippen LogP contribution in [0.15, 0.2) is 29.3 Å². The van der Waals surface area contributed by atoms with Crippen LogP contribution in [0.2, 0.25) is 0 Å². The third-order valence-corrected chi connectivity index (χ3v) is 1.88. The van der Waals surface area contributed by atoms with E-state index < -0.39 is 0 Å². The van der Waals surface area contributed by atoms with Gasteiger partial charge < -0.3 is 0 Å². The Hall–Kier alpha value is -1.35. The minimum Gasteiger partial charge on any atom is -0.276 e. The molecule has 0 atom stereocenters. The van der Waals surface area contributed by atoms with E-state index >= 15 is 0 Å². The first-order chi connectivity index (χ1) is 5.90. The van der Waals surface area contributed by atoms with Crippen LogP contribution >= 0.6 is 0 Å². The van der Waals surface area contributed by atoms with Gasteiger partial charge in [-0.1, -0.05) is 18.2 Å². The van der Waals surface area contributed by atoms with Crippen molar-refractivity contribution >= 4 is 12.0 Å². The third kappa shape index (κ3) is 1.19. The normalized spacial score (nSPS) is 14.6. The van der Waals surface area contributed by atoms with E-state index in [0.29, 0.717) is 0 Å². The van der Waals surface area contributed by atoms with Crippen molar-refractivity contribution in [1.29, 1.82) is 0 Å². The number of benzene rings is 1. The Labute approximate surface area is 71.2 Å². The Balaban J connectivity index is 2.33. The molecule has 0 amide bonds. The average molecular weight is 162 g/mol. The van der Waals surface area contributed by atoms with Crippen molar-refractivity contribution in [3.05, 3.63) is 29.8 Å². The highest BCUT2D eigenvalue weighted by molar-refractivity contribution is 5.65. The number of hydrogen-bond donors (Lipinski definition) is 0. The zero-order valence-electron chi connectivity index (χ0n) is 6.90. The van der Waals surface area contributed by atoms with Gasteiger partial charge in [0, 0.05) is 0 Å². The van der Waals surface area contributed by atoms with Crippen LogP contribution in [0.5, 0.6) is 0 Å². The molecule has 2 rings (SSSR count). The molecule has 1 heterocycles. The zero-order chi connectivity index (χ0) is 8.39. The van der Waals surface area contributed by atoms with Gasteiger partial charge in [0.1, 0.15) is 6.34 Å². The van der Waals surface area contributed by atoms with E-state index in [1.165, 1.54) is 5.56 Å². The predicted molar refractivity (Wildman–Crippen MR) is 47.1 cm³/mol. The Morgan fingerprint density at radius 1 is 1.42 bits per heavy atom. The molecule has 0 saturated carbocycles. The van der Waals surface area contributed by atoms with E-state index in [1.54, 1.807) is 18.5 Å². The van der Waals surface area contributed by atoms with Gasteiger partial charge in [-0.3, -0.25) is 4.84 Å². The van der Waals surface area contributed by atoms with Crippen molar-refractivity contribution in [1.82, 2.24) is 5.06 Å². The van der Waals surface area contributed by atoms with Gasteiger partial charge in [0.05, 0.1) is 19.3 Å². The second kappa shape index (κ2) is 2.95. The molecule has 0 N–H and O–H groups in total. The summed E-state index contributed by atoms with van der Waals surface area (Å²) in [5.74, 6) is 0. The number of rotatable bonds is 1. The number of nitrogens with zero attached hydrogens (tertiary/aromatic N) is 2. The van der Waals surface area contributed by atoms with Crippen LogP contribution in [0.3, 0.4) is 0 Å². The summed E-state index contributed by atoms with van der Waals surface area (Å²) in [6.45, 7) is 0.774. The van der Waals surface area contributed by atoms with Gasteiger partial charge in [0.15, 0.2) is 0 Å². The van der Waals surface area contributed by atoms with E-state index in [0.717, 1.165) is 12.2 Å². The lowest BCUT2D eigenvalue weighted by molar-refractivity contribution is -0.0678. The molecular formula is C9H10N2O. The van der Waals surface area contributed by atoms with Crippen LogP contribution in [0.1, 0.15) is 5.56 Å². The van der Waals surface area contributed by atoms with E-state index in [9.17, 15) is 0 Å². The quantitative estimate of drug-likeness (QED) is 0.628. The molecule has 1 aliphatic heterocycles. The lowest BCUT2D eigenvalue weighted by Crippen LogP contribution is -2.22. The second-order valence-corrected chi connectivity index (χ2v) is 2.63. The van der Waals surface area contributed by atoms with Crippen molar-refractivity contribution in [3.8, 4) is 0 Å². The Bertz CT molecular complexity index is 309. The van der Waals surface area contributed by atoms with Gasteiger partial charge in [-0.25, -0.2) is 10.1 Å². The molecule has 0 aromatic heterocycles. The van der Waals surface area contributed by atoms with Crippen molar-refractivity contribution in [2.24, 2.45) is 4.99 Å². The molecular weight excluding hydrogens is 152 g/mol. The summed E-state index contributed by atoms with van der Waals surface area (Å²) in [6.07, 6.45) is 1.70. The van der Waals surface area contributed by atoms with Crippen LogP contribution in [0, 0.1) is 0 Å². The lowest BCUT2D eigenvalue weighted by atomic mass is 10.1. The molecule has 3 heteroatoms. The van der Waals surface area contributed by atoms with Crippen LogP contribution < -0.4 is 0 Å². The molecule has 1 aromatic rings. The number of hydrogen-bond acceptors (Lipinski definition) is 3. The van der Waals surface area contributed by atoms with Crippen molar-refractivity contribution in [2.45, 2.75) is 6.54 Å². The molecule has 0 radical (unpaired) electrons. The first-order valence-electron chi connectivity index (χ1n) is 3.83. The summed E-state index contributed by atoms with van der Waals surface area (Å²) in [7, 11) is 1.64. The monoisotopic (exact) mass is 162 g/mol. The fourth-order valence-corrected chi connectivity index (χ4v) is 1.22. The highest BCUT2D eigenvalue weighted by Crippen LogP contribution is 2.22. The van der Waals surface area contributed by atoms with Crippen LogP contribution in [0.4, 0.5) is 5.69 Å². The topological polar surface area (TPSA) is 24.8 Å². The Kier molecular flexibility index (Phi) is 1.80. The number of aliphatic imine (C=N–C) groups is 1. The molecule has 12 heavy (non-hydrogen) atoms. The van der Waals surface area contributed by atoms with Gasteiger partial charge in [-0.05, 0) is 11.6 Å². The van der Waals surface area contributed by atoms with Gasteiger partial charge >= 0.3 is 0 Å². The van der Waals surface area contributed by atoms with Crippen LogP contribution in [-0.2, 0) is 11.4 Å². The van der Waals surface area contributed by atoms with E-state index in [1.807, 2.05) is 18.2 Å². The SMILES string of the molecule is CON1C=Nc2ccccc2C1. The summed E-state index contributed by atoms with van der Waals surface area (Å²) < 4.78 is 0. The maximum absolute atomic E-state index is 5.03. The minimum absolute atomic E-state index is 0.774. The fourth-order valence-electron chi connectivity index (χ4n) is 1.22. The predicted octanol–water partition coefficient (Wildman–Crippen LogP) is 1.72. The van der Waals surface area contributed by atoms with Crippen molar-refractivity contribution in [3.63, 3.8) is 0 Å². The maximum atomic E-state index is 5.03. The molecule has 0 aliphatic carbocycles. The molecule has 0 saturated heterocycles. The summed E-state index contributed by atoms with van der Waals surface area (Å²) >= 11 is 0. The molecule has 0 spiro atoms. The highest BCUT2D eigenvalue weighted by Gasteiger charge is 2.09. The molecule has 1 aromatic carbocycles. The summed E-state index contributed by atoms with van der Waals surface area (Å²) in [5, 5.41) is 1.70. The Morgan fingerprint density at radius 2 is 2.25 bits per heavy atom. The smallest absolute Gasteiger partial charge is 0.117 e. The molecule has 0 bridgehead atoms. The van der Waals surface area contributed by atoms with Crippen molar-refractivity contribution in [2.75, 3.05) is 7.11 Å². The van der Waals surface area contributed by atoms with Crippen LogP contribution in [0.25, 0.3) is 0 Å². The molecule has 1 aliphatic rings. The van der Waals surface area contributed by atoms with Gasteiger partial charge in [-0.15, -0.1) is 0 Å². The lowest BCUT2D eigenvalue weighted by Gasteiger charge is -2.20. The maximum Gasteiger partial charge on any atom is 0.117 e. The molecule has 0 fully saturated rings. The van der Waals surface area contributed by atoms with E-state index in [2.05, 4.69) is 11.1 Å². The second-order valence-electron chi connectivity index (χ2n) is 2.63. The molecule has 62 valence electrons. The zero-order valence-corrected chi connectivity index (χ0v) is 6.90. The van der Waals surface area contributed by atoms with Gasteiger partial charge in [0.2, 0.25) is 0 Å². The highest BCUT2D eigenvalue weighted by atomic mass is 16.7. The number of hydroxylamine groups is 2. The fraction of sp³-hybridized carbons (Fsp3) is 0.222. The van der Waals surface area contributed by atoms with Crippen LogP contribution in [-0.4, -0.2) is 18.5 Å². The first kappa shape index (κ1) is 7.31. The molecule has 0 unspecified atom stereocenters. The number of para-hydroxylation sites is 1. The third-order valence-electron chi connectivity index (χ3n) is 1.88. The minimum atomic E-state index is 0.774. The van der Waals surface area contributed by atoms with Gasteiger partial charge in [-0.2, -0.15) is 0 Å². The van der Waals surface area contributed by atoms with E-state index in [-0.39, 0.29) is 0 Å². The van der Waals surface area contributed by atoms with E-state index in [4.69, 9.17) is 4.84 Å². The summed E-state index contributed by atoms with van der Waals surface area (Å²) in [5.41, 5.74) is 2.23. The Morgan fingerprint density at radius 3 is 3.08 bits per heavy atom.